The van der Waals surface area contributed by atoms with E-state index < -0.39 is 5.82 Å². The van der Waals surface area contributed by atoms with Gasteiger partial charge in [0.2, 0.25) is 5.28 Å². The van der Waals surface area contributed by atoms with Crippen LogP contribution >= 0.6 is 11.6 Å². The molecule has 0 atom stereocenters. The van der Waals surface area contributed by atoms with E-state index in [2.05, 4.69) is 22.2 Å². The van der Waals surface area contributed by atoms with Crippen LogP contribution in [0.4, 0.5) is 15.9 Å². The van der Waals surface area contributed by atoms with Crippen LogP contribution in [0.15, 0.2) is 30.5 Å². The molecule has 1 aromatic carbocycles. The Morgan fingerprint density at radius 3 is 2.65 bits per heavy atom. The third-order valence-corrected chi connectivity index (χ3v) is 2.52. The minimum atomic E-state index is -0.533. The minimum Gasteiger partial charge on any atom is -0.338 e. The zero-order chi connectivity index (χ0) is 12.3. The van der Waals surface area contributed by atoms with Gasteiger partial charge in [-0.05, 0) is 35.7 Å². The second kappa shape index (κ2) is 5.10. The molecule has 0 amide bonds. The fourth-order valence-corrected chi connectivity index (χ4v) is 1.53. The van der Waals surface area contributed by atoms with Crippen molar-refractivity contribution in [1.29, 1.82) is 0 Å². The van der Waals surface area contributed by atoms with E-state index in [0.29, 0.717) is 0 Å². The zero-order valence-electron chi connectivity index (χ0n) is 9.24. The quantitative estimate of drug-likeness (QED) is 0.848. The molecule has 17 heavy (non-hydrogen) atoms. The lowest BCUT2D eigenvalue weighted by atomic mass is 10.1. The van der Waals surface area contributed by atoms with Crippen molar-refractivity contribution in [3.63, 3.8) is 0 Å². The maximum absolute atomic E-state index is 13.4. The highest BCUT2D eigenvalue weighted by molar-refractivity contribution is 6.28. The molecule has 1 N–H and O–H groups in total. The van der Waals surface area contributed by atoms with Crippen molar-refractivity contribution in [2.75, 3.05) is 5.32 Å². The summed E-state index contributed by atoms with van der Waals surface area (Å²) in [5.74, 6) is -0.455. The van der Waals surface area contributed by atoms with Crippen molar-refractivity contribution in [2.24, 2.45) is 0 Å². The summed E-state index contributed by atoms with van der Waals surface area (Å²) in [4.78, 5) is 7.33. The summed E-state index contributed by atoms with van der Waals surface area (Å²) in [5, 5.41) is 2.87. The average molecular weight is 252 g/mol. The molecular formula is C12H11ClFN3. The van der Waals surface area contributed by atoms with Crippen LogP contribution in [-0.2, 0) is 6.42 Å². The molecule has 1 heterocycles. The van der Waals surface area contributed by atoms with Crippen molar-refractivity contribution >= 4 is 23.1 Å². The molecule has 88 valence electrons. The van der Waals surface area contributed by atoms with Gasteiger partial charge in [0.1, 0.15) is 0 Å². The molecule has 0 aliphatic rings. The van der Waals surface area contributed by atoms with Gasteiger partial charge in [0, 0.05) is 5.69 Å². The van der Waals surface area contributed by atoms with Crippen LogP contribution in [0.3, 0.4) is 0 Å². The normalized spacial score (nSPS) is 10.3. The van der Waals surface area contributed by atoms with E-state index in [1.54, 1.807) is 0 Å². The first kappa shape index (κ1) is 11.8. The number of hydrogen-bond donors (Lipinski definition) is 1. The Morgan fingerprint density at radius 2 is 2.00 bits per heavy atom. The lowest BCUT2D eigenvalue weighted by Crippen LogP contribution is -1.98. The van der Waals surface area contributed by atoms with Gasteiger partial charge >= 0.3 is 0 Å². The van der Waals surface area contributed by atoms with Gasteiger partial charge < -0.3 is 5.32 Å². The van der Waals surface area contributed by atoms with Crippen LogP contribution in [0, 0.1) is 5.82 Å². The molecule has 2 rings (SSSR count). The molecule has 5 heteroatoms. The van der Waals surface area contributed by atoms with Crippen LogP contribution in [-0.4, -0.2) is 9.97 Å². The fraction of sp³-hybridized carbons (Fsp3) is 0.167. The molecule has 0 bridgehead atoms. The Hall–Kier alpha value is -1.68. The Kier molecular flexibility index (Phi) is 3.54. The third kappa shape index (κ3) is 2.91. The van der Waals surface area contributed by atoms with Crippen molar-refractivity contribution in [1.82, 2.24) is 9.97 Å². The molecular weight excluding hydrogens is 241 g/mol. The number of hydrogen-bond acceptors (Lipinski definition) is 3. The van der Waals surface area contributed by atoms with Crippen molar-refractivity contribution in [2.45, 2.75) is 13.3 Å². The van der Waals surface area contributed by atoms with Crippen LogP contribution in [0.2, 0.25) is 5.28 Å². The Labute approximate surface area is 104 Å². The summed E-state index contributed by atoms with van der Waals surface area (Å²) in [6.07, 6.45) is 2.01. The predicted molar refractivity (Wildman–Crippen MR) is 66.1 cm³/mol. The van der Waals surface area contributed by atoms with Gasteiger partial charge in [-0.1, -0.05) is 19.1 Å². The number of aromatic nitrogens is 2. The van der Waals surface area contributed by atoms with E-state index in [-0.39, 0.29) is 11.1 Å². The maximum Gasteiger partial charge on any atom is 0.224 e. The molecule has 2 aromatic rings. The van der Waals surface area contributed by atoms with Crippen molar-refractivity contribution in [3.8, 4) is 0 Å². The number of rotatable bonds is 3. The fourth-order valence-electron chi connectivity index (χ4n) is 1.39. The van der Waals surface area contributed by atoms with E-state index in [1.807, 2.05) is 24.3 Å². The van der Waals surface area contributed by atoms with Crippen LogP contribution in [0.5, 0.6) is 0 Å². The second-order valence-corrected chi connectivity index (χ2v) is 3.85. The van der Waals surface area contributed by atoms with E-state index >= 15 is 0 Å². The van der Waals surface area contributed by atoms with E-state index in [0.717, 1.165) is 18.3 Å². The summed E-state index contributed by atoms with van der Waals surface area (Å²) < 4.78 is 13.4. The van der Waals surface area contributed by atoms with Crippen LogP contribution < -0.4 is 5.32 Å². The first-order chi connectivity index (χ1) is 8.19. The van der Waals surface area contributed by atoms with Gasteiger partial charge in [0.15, 0.2) is 11.6 Å². The SMILES string of the molecule is CCc1ccc(Nc2nc(Cl)ncc2F)cc1. The smallest absolute Gasteiger partial charge is 0.224 e. The molecule has 1 aromatic heterocycles. The highest BCUT2D eigenvalue weighted by Gasteiger charge is 2.05. The summed E-state index contributed by atoms with van der Waals surface area (Å²) in [6.45, 7) is 2.08. The zero-order valence-corrected chi connectivity index (χ0v) is 10.0. The summed E-state index contributed by atoms with van der Waals surface area (Å²) in [5.41, 5.74) is 1.98. The Bertz CT molecular complexity index is 514. The molecule has 0 saturated carbocycles. The van der Waals surface area contributed by atoms with E-state index in [9.17, 15) is 4.39 Å². The van der Waals surface area contributed by atoms with E-state index in [4.69, 9.17) is 11.6 Å². The van der Waals surface area contributed by atoms with E-state index in [1.165, 1.54) is 5.56 Å². The first-order valence-electron chi connectivity index (χ1n) is 5.23. The highest BCUT2D eigenvalue weighted by Crippen LogP contribution is 2.19. The number of nitrogens with zero attached hydrogens (tertiary/aromatic N) is 2. The third-order valence-electron chi connectivity index (χ3n) is 2.34. The van der Waals surface area contributed by atoms with Gasteiger partial charge in [-0.15, -0.1) is 0 Å². The molecule has 3 nitrogen and oxygen atoms in total. The van der Waals surface area contributed by atoms with Crippen LogP contribution in [0.1, 0.15) is 12.5 Å². The number of aryl methyl sites for hydroxylation is 1. The summed E-state index contributed by atoms with van der Waals surface area (Å²) >= 11 is 5.60. The lowest BCUT2D eigenvalue weighted by molar-refractivity contribution is 0.619. The van der Waals surface area contributed by atoms with Gasteiger partial charge in [-0.3, -0.25) is 0 Å². The molecule has 0 aliphatic carbocycles. The number of benzene rings is 1. The minimum absolute atomic E-state index is 0.0130. The molecule has 0 unspecified atom stereocenters. The van der Waals surface area contributed by atoms with Crippen molar-refractivity contribution in [3.05, 3.63) is 47.1 Å². The molecule has 0 saturated heterocycles. The van der Waals surface area contributed by atoms with Gasteiger partial charge in [0.05, 0.1) is 6.20 Å². The number of anilines is 2. The average Bonchev–Trinajstić information content (AvgIpc) is 2.35. The monoisotopic (exact) mass is 251 g/mol. The lowest BCUT2D eigenvalue weighted by Gasteiger charge is -2.07. The predicted octanol–water partition coefficient (Wildman–Crippen LogP) is 3.58. The number of halogens is 2. The summed E-state index contributed by atoms with van der Waals surface area (Å²) in [6, 6.07) is 7.69. The first-order valence-corrected chi connectivity index (χ1v) is 5.61. The molecule has 0 radical (unpaired) electrons. The summed E-state index contributed by atoms with van der Waals surface area (Å²) in [7, 11) is 0. The van der Waals surface area contributed by atoms with Gasteiger partial charge in [-0.2, -0.15) is 4.98 Å². The topological polar surface area (TPSA) is 37.8 Å². The standard InChI is InChI=1S/C12H11ClFN3/c1-2-8-3-5-9(6-4-8)16-11-10(14)7-15-12(13)17-11/h3-7H,2H2,1H3,(H,15,16,17). The molecule has 0 fully saturated rings. The molecule has 0 aliphatic heterocycles. The highest BCUT2D eigenvalue weighted by atomic mass is 35.5. The van der Waals surface area contributed by atoms with Gasteiger partial charge in [0.25, 0.3) is 0 Å². The second-order valence-electron chi connectivity index (χ2n) is 3.51. The largest absolute Gasteiger partial charge is 0.338 e. The Morgan fingerprint density at radius 1 is 1.29 bits per heavy atom. The number of nitrogens with one attached hydrogen (secondary N) is 1. The van der Waals surface area contributed by atoms with Gasteiger partial charge in [-0.25, -0.2) is 9.37 Å². The van der Waals surface area contributed by atoms with Crippen LogP contribution in [0.25, 0.3) is 0 Å². The maximum atomic E-state index is 13.4. The molecule has 0 spiro atoms. The van der Waals surface area contributed by atoms with Crippen molar-refractivity contribution < 1.29 is 4.39 Å². The Balaban J connectivity index is 2.22.